The summed E-state index contributed by atoms with van der Waals surface area (Å²) in [4.78, 5) is 26.1. The van der Waals surface area contributed by atoms with Gasteiger partial charge in [0.25, 0.3) is 11.8 Å². The summed E-state index contributed by atoms with van der Waals surface area (Å²) in [6, 6.07) is 11.0. The Morgan fingerprint density at radius 3 is 2.59 bits per heavy atom. The predicted octanol–water partition coefficient (Wildman–Crippen LogP) is 4.67. The summed E-state index contributed by atoms with van der Waals surface area (Å²) in [6.07, 6.45) is 5.42. The minimum absolute atomic E-state index is 0.213. The van der Waals surface area contributed by atoms with E-state index in [4.69, 9.17) is 39.0 Å². The number of thiocarbonyl (C=S) groups is 1. The maximum atomic E-state index is 13.0. The van der Waals surface area contributed by atoms with Crippen molar-refractivity contribution in [3.8, 4) is 11.5 Å². The van der Waals surface area contributed by atoms with E-state index in [-0.39, 0.29) is 18.6 Å². The van der Waals surface area contributed by atoms with Gasteiger partial charge in [-0.05, 0) is 83.5 Å². The zero-order valence-electron chi connectivity index (χ0n) is 18.8. The minimum Gasteiger partial charge on any atom is -0.493 e. The second kappa shape index (κ2) is 12.6. The zero-order valence-corrected chi connectivity index (χ0v) is 22.5. The van der Waals surface area contributed by atoms with Crippen LogP contribution in [-0.2, 0) is 11.3 Å². The van der Waals surface area contributed by atoms with Crippen LogP contribution in [0, 0.1) is 3.57 Å². The maximum Gasteiger partial charge on any atom is 0.258 e. The van der Waals surface area contributed by atoms with E-state index < -0.39 is 5.91 Å². The van der Waals surface area contributed by atoms with Crippen LogP contribution in [0.4, 0.5) is 0 Å². The number of primary amides is 1. The van der Waals surface area contributed by atoms with E-state index in [0.29, 0.717) is 33.7 Å². The van der Waals surface area contributed by atoms with E-state index in [1.165, 1.54) is 13.5 Å². The van der Waals surface area contributed by atoms with Gasteiger partial charge in [0.05, 0.1) is 17.7 Å². The van der Waals surface area contributed by atoms with Crippen molar-refractivity contribution >= 4 is 63.3 Å². The second-order valence-electron chi connectivity index (χ2n) is 8.04. The second-order valence-corrected chi connectivity index (χ2v) is 10.1. The number of rotatable bonds is 8. The molecule has 1 fully saturated rings. The molecular formula is C24H27ClIN3O4S. The summed E-state index contributed by atoms with van der Waals surface area (Å²) in [5.74, 6) is 0.0208. The van der Waals surface area contributed by atoms with Gasteiger partial charge in [-0.1, -0.05) is 36.9 Å². The van der Waals surface area contributed by atoms with E-state index >= 15 is 0 Å². The number of hydrogen-bond acceptors (Lipinski definition) is 5. The standard InChI is InChI=1S/C24H27ClIN3O4S/c1-32-21-11-15(7-10-20(21)33-14-22(27)30)13-29(17-5-3-2-4-6-17)24(34)28-23(31)18-12-16(26)8-9-19(18)25/h7-12,17H,2-6,13-14H2,1H3,(H2,27,30)(H,28,31,34). The van der Waals surface area contributed by atoms with Crippen molar-refractivity contribution < 1.29 is 19.1 Å². The lowest BCUT2D eigenvalue weighted by molar-refractivity contribution is -0.119. The molecular weight excluding hydrogens is 589 g/mol. The lowest BCUT2D eigenvalue weighted by Crippen LogP contribution is -2.48. The summed E-state index contributed by atoms with van der Waals surface area (Å²) in [7, 11) is 1.53. The lowest BCUT2D eigenvalue weighted by atomic mass is 9.94. The molecule has 2 aromatic rings. The molecule has 0 heterocycles. The molecule has 3 rings (SSSR count). The number of nitrogens with zero attached hydrogens (tertiary/aromatic N) is 1. The van der Waals surface area contributed by atoms with Crippen molar-refractivity contribution in [3.05, 3.63) is 56.1 Å². The quantitative estimate of drug-likeness (QED) is 0.331. The van der Waals surface area contributed by atoms with Crippen LogP contribution in [0.15, 0.2) is 36.4 Å². The molecule has 0 aliphatic heterocycles. The third-order valence-electron chi connectivity index (χ3n) is 5.62. The molecule has 2 amide bonds. The van der Waals surface area contributed by atoms with Crippen LogP contribution in [0.5, 0.6) is 11.5 Å². The number of hydrogen-bond donors (Lipinski definition) is 2. The summed E-state index contributed by atoms with van der Waals surface area (Å²) < 4.78 is 11.8. The van der Waals surface area contributed by atoms with Crippen LogP contribution in [0.3, 0.4) is 0 Å². The zero-order chi connectivity index (χ0) is 24.7. The van der Waals surface area contributed by atoms with Gasteiger partial charge in [-0.25, -0.2) is 0 Å². The summed E-state index contributed by atoms with van der Waals surface area (Å²) in [5, 5.41) is 3.62. The molecule has 0 radical (unpaired) electrons. The summed E-state index contributed by atoms with van der Waals surface area (Å²) in [6.45, 7) is 0.247. The topological polar surface area (TPSA) is 93.9 Å². The number of carbonyl (C=O) groups is 2. The SMILES string of the molecule is COc1cc(CN(C(=S)NC(=O)c2cc(I)ccc2Cl)C2CCCCC2)ccc1OCC(N)=O. The molecule has 3 N–H and O–H groups in total. The molecule has 1 saturated carbocycles. The number of benzene rings is 2. The van der Waals surface area contributed by atoms with E-state index in [9.17, 15) is 9.59 Å². The van der Waals surface area contributed by atoms with E-state index in [0.717, 1.165) is 34.8 Å². The molecule has 182 valence electrons. The van der Waals surface area contributed by atoms with E-state index in [1.807, 2.05) is 18.2 Å². The van der Waals surface area contributed by atoms with Crippen molar-refractivity contribution in [1.82, 2.24) is 10.2 Å². The predicted molar refractivity (Wildman–Crippen MR) is 144 cm³/mol. The molecule has 0 spiro atoms. The van der Waals surface area contributed by atoms with E-state index in [2.05, 4.69) is 32.8 Å². The monoisotopic (exact) mass is 615 g/mol. The smallest absolute Gasteiger partial charge is 0.258 e. The first-order valence-electron chi connectivity index (χ1n) is 10.9. The van der Waals surface area contributed by atoms with Crippen molar-refractivity contribution in [2.24, 2.45) is 5.73 Å². The average Bonchev–Trinajstić information content (AvgIpc) is 2.83. The first-order chi connectivity index (χ1) is 16.3. The molecule has 0 unspecified atom stereocenters. The van der Waals surface area contributed by atoms with Gasteiger partial charge in [0.15, 0.2) is 23.2 Å². The Labute approximate surface area is 223 Å². The fourth-order valence-electron chi connectivity index (χ4n) is 3.94. The van der Waals surface area contributed by atoms with Crippen molar-refractivity contribution in [1.29, 1.82) is 0 Å². The van der Waals surface area contributed by atoms with Crippen LogP contribution in [0.2, 0.25) is 5.02 Å². The minimum atomic E-state index is -0.566. The molecule has 34 heavy (non-hydrogen) atoms. The third-order valence-corrected chi connectivity index (χ3v) is 6.96. The Morgan fingerprint density at radius 1 is 1.18 bits per heavy atom. The highest BCUT2D eigenvalue weighted by atomic mass is 127. The number of amides is 2. The van der Waals surface area contributed by atoms with E-state index in [1.54, 1.807) is 18.2 Å². The number of nitrogens with one attached hydrogen (secondary N) is 1. The molecule has 7 nitrogen and oxygen atoms in total. The molecule has 1 aliphatic rings. The first-order valence-corrected chi connectivity index (χ1v) is 12.8. The van der Waals surface area contributed by atoms with Crippen molar-refractivity contribution in [3.63, 3.8) is 0 Å². The first kappa shape index (κ1) is 26.5. The number of halogens is 2. The Kier molecular flexibility index (Phi) is 9.78. The maximum absolute atomic E-state index is 13.0. The van der Waals surface area contributed by atoms with Crippen LogP contribution in [0.1, 0.15) is 48.0 Å². The molecule has 1 aliphatic carbocycles. The highest BCUT2D eigenvalue weighted by Gasteiger charge is 2.25. The Bertz CT molecular complexity index is 1060. The Balaban J connectivity index is 1.80. The van der Waals surface area contributed by atoms with Crippen LogP contribution in [0.25, 0.3) is 0 Å². The molecule has 0 aromatic heterocycles. The third kappa shape index (κ3) is 7.19. The van der Waals surface area contributed by atoms with Gasteiger partial charge < -0.3 is 20.1 Å². The highest BCUT2D eigenvalue weighted by molar-refractivity contribution is 14.1. The molecule has 0 saturated heterocycles. The van der Waals surface area contributed by atoms with Crippen molar-refractivity contribution in [2.75, 3.05) is 13.7 Å². The molecule has 2 aromatic carbocycles. The van der Waals surface area contributed by atoms with Gasteiger partial charge in [-0.3, -0.25) is 14.9 Å². The summed E-state index contributed by atoms with van der Waals surface area (Å²) >= 11 is 14.1. The van der Waals surface area contributed by atoms with Crippen LogP contribution < -0.4 is 20.5 Å². The molecule has 10 heteroatoms. The van der Waals surface area contributed by atoms with Gasteiger partial charge in [0.1, 0.15) is 0 Å². The van der Waals surface area contributed by atoms with Crippen molar-refractivity contribution in [2.45, 2.75) is 44.7 Å². The van der Waals surface area contributed by atoms with Gasteiger partial charge in [-0.2, -0.15) is 0 Å². The highest BCUT2D eigenvalue weighted by Crippen LogP contribution is 2.30. The lowest BCUT2D eigenvalue weighted by Gasteiger charge is -2.36. The molecule has 0 atom stereocenters. The number of carbonyl (C=O) groups excluding carboxylic acids is 2. The molecule has 0 bridgehead atoms. The fraction of sp³-hybridized carbons (Fsp3) is 0.375. The normalized spacial score (nSPS) is 13.7. The number of methoxy groups -OCH3 is 1. The number of ether oxygens (including phenoxy) is 2. The summed E-state index contributed by atoms with van der Waals surface area (Å²) in [5.41, 5.74) is 6.49. The van der Waals surface area contributed by atoms with Crippen LogP contribution >= 0.6 is 46.4 Å². The van der Waals surface area contributed by atoms with Gasteiger partial charge in [-0.15, -0.1) is 0 Å². The number of nitrogens with two attached hydrogens (primary N) is 1. The van der Waals surface area contributed by atoms with Gasteiger partial charge in [0.2, 0.25) is 0 Å². The fourth-order valence-corrected chi connectivity index (χ4v) is 4.94. The van der Waals surface area contributed by atoms with Gasteiger partial charge >= 0.3 is 0 Å². The Hall–Kier alpha value is -2.11. The Morgan fingerprint density at radius 2 is 1.91 bits per heavy atom. The van der Waals surface area contributed by atoms with Gasteiger partial charge in [0, 0.05) is 16.2 Å². The average molecular weight is 616 g/mol. The largest absolute Gasteiger partial charge is 0.493 e. The van der Waals surface area contributed by atoms with Crippen LogP contribution in [-0.4, -0.2) is 41.6 Å².